The molecule has 0 saturated carbocycles. The van der Waals surface area contributed by atoms with Crippen molar-refractivity contribution >= 4 is 6.09 Å². The largest absolute Gasteiger partial charge is 0.439 e. The molecule has 2 atom stereocenters. The highest BCUT2D eigenvalue weighted by Crippen LogP contribution is 2.38. The Labute approximate surface area is 147 Å². The number of hydrogen-bond acceptors (Lipinski definition) is 2. The van der Waals surface area contributed by atoms with Gasteiger partial charge in [0.15, 0.2) is 6.10 Å². The van der Waals surface area contributed by atoms with Gasteiger partial charge in [-0.15, -0.1) is 0 Å². The molecule has 1 aliphatic heterocycles. The molecule has 25 heavy (non-hydrogen) atoms. The van der Waals surface area contributed by atoms with E-state index in [1.165, 1.54) is 0 Å². The van der Waals surface area contributed by atoms with E-state index in [0.29, 0.717) is 0 Å². The number of alkyl carbamates (subject to hydrolysis) is 1. The fourth-order valence-corrected chi connectivity index (χ4v) is 3.33. The Bertz CT molecular complexity index is 905. The lowest BCUT2D eigenvalue weighted by Crippen LogP contribution is -2.19. The van der Waals surface area contributed by atoms with Gasteiger partial charge in [-0.05, 0) is 35.2 Å². The third kappa shape index (κ3) is 3.13. The average Bonchev–Trinajstić information content (AvgIpc) is 3.04. The third-order valence-corrected chi connectivity index (χ3v) is 4.53. The predicted molar refractivity (Wildman–Crippen MR) is 98.2 cm³/mol. The van der Waals surface area contributed by atoms with Crippen LogP contribution in [0.25, 0.3) is 11.1 Å². The Kier molecular flexibility index (Phi) is 3.98. The molecule has 124 valence electrons. The topological polar surface area (TPSA) is 38.3 Å². The van der Waals surface area contributed by atoms with Crippen molar-refractivity contribution in [3.8, 4) is 11.1 Å². The molecule has 0 unspecified atom stereocenters. The minimum Gasteiger partial charge on any atom is -0.439 e. The van der Waals surface area contributed by atoms with E-state index in [2.05, 4.69) is 35.6 Å². The van der Waals surface area contributed by atoms with Crippen LogP contribution >= 0.6 is 0 Å². The molecule has 0 radical (unpaired) electrons. The third-order valence-electron chi connectivity index (χ3n) is 4.53. The van der Waals surface area contributed by atoms with Crippen LogP contribution in [0.5, 0.6) is 0 Å². The van der Waals surface area contributed by atoms with Crippen LogP contribution in [0.2, 0.25) is 0 Å². The van der Waals surface area contributed by atoms with Crippen LogP contribution in [-0.4, -0.2) is 6.09 Å². The number of nitrogens with one attached hydrogen (secondary N) is 1. The first-order chi connectivity index (χ1) is 12.2. The van der Waals surface area contributed by atoms with E-state index in [1.54, 1.807) is 0 Å². The minimum atomic E-state index is -0.373. The summed E-state index contributed by atoms with van der Waals surface area (Å²) < 4.78 is 5.56. The standard InChI is InChI=1S/C22H19NO2/c1-15-7-5-12-19(13-15)21-20(23-22(24)25-21)18-11-6-10-17(14-18)16-8-3-2-4-9-16/h2-14,20-21H,1H3,(H,23,24)/t20-,21-/m0/s1. The zero-order chi connectivity index (χ0) is 17.2. The van der Waals surface area contributed by atoms with Gasteiger partial charge in [0.2, 0.25) is 0 Å². The first-order valence-corrected chi connectivity index (χ1v) is 8.40. The summed E-state index contributed by atoms with van der Waals surface area (Å²) in [6.07, 6.45) is -0.694. The highest BCUT2D eigenvalue weighted by Gasteiger charge is 2.36. The van der Waals surface area contributed by atoms with Gasteiger partial charge in [-0.25, -0.2) is 4.79 Å². The number of amides is 1. The van der Waals surface area contributed by atoms with E-state index in [0.717, 1.165) is 27.8 Å². The van der Waals surface area contributed by atoms with Gasteiger partial charge >= 0.3 is 6.09 Å². The van der Waals surface area contributed by atoms with Gasteiger partial charge in [0.1, 0.15) is 0 Å². The van der Waals surface area contributed by atoms with E-state index in [-0.39, 0.29) is 18.2 Å². The number of carbonyl (C=O) groups excluding carboxylic acids is 1. The fraction of sp³-hybridized carbons (Fsp3) is 0.136. The highest BCUT2D eigenvalue weighted by atomic mass is 16.6. The molecular formula is C22H19NO2. The maximum absolute atomic E-state index is 11.9. The first kappa shape index (κ1) is 15.5. The summed E-state index contributed by atoms with van der Waals surface area (Å²) in [4.78, 5) is 11.9. The van der Waals surface area contributed by atoms with Crippen LogP contribution in [0.15, 0.2) is 78.9 Å². The summed E-state index contributed by atoms with van der Waals surface area (Å²) in [6.45, 7) is 2.04. The Morgan fingerprint density at radius 3 is 2.32 bits per heavy atom. The van der Waals surface area contributed by atoms with Crippen molar-refractivity contribution in [1.82, 2.24) is 5.32 Å². The second kappa shape index (κ2) is 6.44. The average molecular weight is 329 g/mol. The van der Waals surface area contributed by atoms with Gasteiger partial charge in [0.25, 0.3) is 0 Å². The van der Waals surface area contributed by atoms with Gasteiger partial charge in [0, 0.05) is 0 Å². The fourth-order valence-electron chi connectivity index (χ4n) is 3.33. The van der Waals surface area contributed by atoms with E-state index < -0.39 is 0 Å². The molecular weight excluding hydrogens is 310 g/mol. The second-order valence-electron chi connectivity index (χ2n) is 6.35. The van der Waals surface area contributed by atoms with Crippen molar-refractivity contribution in [2.75, 3.05) is 0 Å². The van der Waals surface area contributed by atoms with Crippen LogP contribution < -0.4 is 5.32 Å². The van der Waals surface area contributed by atoms with Crippen molar-refractivity contribution in [3.63, 3.8) is 0 Å². The van der Waals surface area contributed by atoms with Crippen molar-refractivity contribution in [3.05, 3.63) is 95.6 Å². The molecule has 1 aliphatic rings. The molecule has 0 bridgehead atoms. The summed E-state index contributed by atoms with van der Waals surface area (Å²) in [5.41, 5.74) is 5.48. The zero-order valence-electron chi connectivity index (χ0n) is 14.0. The summed E-state index contributed by atoms with van der Waals surface area (Å²) in [5, 5.41) is 2.96. The Morgan fingerprint density at radius 1 is 0.800 bits per heavy atom. The van der Waals surface area contributed by atoms with Crippen molar-refractivity contribution in [1.29, 1.82) is 0 Å². The quantitative estimate of drug-likeness (QED) is 0.718. The number of carbonyl (C=O) groups is 1. The Morgan fingerprint density at radius 2 is 1.52 bits per heavy atom. The molecule has 0 spiro atoms. The first-order valence-electron chi connectivity index (χ1n) is 8.40. The maximum Gasteiger partial charge on any atom is 0.408 e. The van der Waals surface area contributed by atoms with Crippen molar-refractivity contribution in [2.24, 2.45) is 0 Å². The van der Waals surface area contributed by atoms with Gasteiger partial charge < -0.3 is 10.1 Å². The number of benzene rings is 3. The monoisotopic (exact) mass is 329 g/mol. The Balaban J connectivity index is 1.71. The molecule has 0 aromatic heterocycles. The van der Waals surface area contributed by atoms with Gasteiger partial charge in [-0.2, -0.15) is 0 Å². The lowest BCUT2D eigenvalue weighted by Gasteiger charge is -2.19. The molecule has 1 N–H and O–H groups in total. The second-order valence-corrected chi connectivity index (χ2v) is 6.35. The number of rotatable bonds is 3. The molecule has 0 aliphatic carbocycles. The molecule has 1 saturated heterocycles. The maximum atomic E-state index is 11.9. The summed E-state index contributed by atoms with van der Waals surface area (Å²) in [6, 6.07) is 26.4. The summed E-state index contributed by atoms with van der Waals surface area (Å²) >= 11 is 0. The molecule has 1 amide bonds. The van der Waals surface area contributed by atoms with Gasteiger partial charge in [0.05, 0.1) is 6.04 Å². The van der Waals surface area contributed by atoms with Gasteiger partial charge in [-0.1, -0.05) is 78.4 Å². The van der Waals surface area contributed by atoms with E-state index in [9.17, 15) is 4.79 Å². The van der Waals surface area contributed by atoms with Crippen molar-refractivity contribution < 1.29 is 9.53 Å². The number of cyclic esters (lactones) is 1. The molecule has 3 aromatic carbocycles. The smallest absolute Gasteiger partial charge is 0.408 e. The summed E-state index contributed by atoms with van der Waals surface area (Å²) in [5.74, 6) is 0. The van der Waals surface area contributed by atoms with E-state index in [1.807, 2.05) is 55.5 Å². The summed E-state index contributed by atoms with van der Waals surface area (Å²) in [7, 11) is 0. The number of aryl methyl sites for hydroxylation is 1. The molecule has 3 heteroatoms. The molecule has 1 fully saturated rings. The molecule has 1 heterocycles. The molecule has 3 nitrogen and oxygen atoms in total. The van der Waals surface area contributed by atoms with Crippen LogP contribution in [0.3, 0.4) is 0 Å². The van der Waals surface area contributed by atoms with Crippen LogP contribution in [0.4, 0.5) is 4.79 Å². The zero-order valence-corrected chi connectivity index (χ0v) is 14.0. The normalized spacial score (nSPS) is 19.3. The highest BCUT2D eigenvalue weighted by molar-refractivity contribution is 5.72. The number of hydrogen-bond donors (Lipinski definition) is 1. The lowest BCUT2D eigenvalue weighted by molar-refractivity contribution is 0.132. The van der Waals surface area contributed by atoms with E-state index in [4.69, 9.17) is 4.74 Å². The SMILES string of the molecule is Cc1cccc([C@@H]2OC(=O)N[C@H]2c2cccc(-c3ccccc3)c2)c1. The van der Waals surface area contributed by atoms with Crippen LogP contribution in [0.1, 0.15) is 28.8 Å². The molecule has 4 rings (SSSR count). The van der Waals surface area contributed by atoms with Crippen LogP contribution in [-0.2, 0) is 4.74 Å². The minimum absolute atomic E-state index is 0.196. The van der Waals surface area contributed by atoms with E-state index >= 15 is 0 Å². The number of ether oxygens (including phenoxy) is 1. The Hall–Kier alpha value is -3.07. The van der Waals surface area contributed by atoms with Crippen LogP contribution in [0, 0.1) is 6.92 Å². The van der Waals surface area contributed by atoms with Gasteiger partial charge in [-0.3, -0.25) is 0 Å². The predicted octanol–water partition coefficient (Wildman–Crippen LogP) is 5.18. The van der Waals surface area contributed by atoms with Crippen molar-refractivity contribution in [2.45, 2.75) is 19.1 Å². The molecule has 3 aromatic rings. The lowest BCUT2D eigenvalue weighted by atomic mass is 9.93.